The highest BCUT2D eigenvalue weighted by Crippen LogP contribution is 2.14. The maximum absolute atomic E-state index is 8.89. The average Bonchev–Trinajstić information content (AvgIpc) is 2.49. The molecule has 1 aromatic carbocycles. The minimum atomic E-state index is -0.117. The summed E-state index contributed by atoms with van der Waals surface area (Å²) in [6.45, 7) is 3.09. The number of rotatable bonds is 11. The van der Waals surface area contributed by atoms with E-state index in [0.29, 0.717) is 0 Å². The quantitative estimate of drug-likeness (QED) is 0.612. The summed E-state index contributed by atoms with van der Waals surface area (Å²) in [6, 6.07) is 8.08. The minimum Gasteiger partial charge on any atom is -0.494 e. The molecular weight excluding hydrogens is 286 g/mol. The Morgan fingerprint density at radius 1 is 1.10 bits per heavy atom. The topological polar surface area (TPSA) is 55.5 Å². The third kappa shape index (κ3) is 9.72. The molecule has 0 radical (unpaired) electrons. The molecule has 0 amide bonds. The zero-order valence-corrected chi connectivity index (χ0v) is 13.9. The lowest BCUT2D eigenvalue weighted by Gasteiger charge is -2.09. The van der Waals surface area contributed by atoms with Crippen LogP contribution >= 0.6 is 12.4 Å². The van der Waals surface area contributed by atoms with Gasteiger partial charge in [-0.2, -0.15) is 0 Å². The second-order valence-electron chi connectivity index (χ2n) is 5.39. The highest BCUT2D eigenvalue weighted by atomic mass is 35.5. The van der Waals surface area contributed by atoms with Gasteiger partial charge < -0.3 is 15.6 Å². The van der Waals surface area contributed by atoms with E-state index in [2.05, 4.69) is 19.1 Å². The average molecular weight is 316 g/mol. The van der Waals surface area contributed by atoms with Crippen LogP contribution in [0, 0.1) is 0 Å². The number of hydrogen-bond donors (Lipinski definition) is 2. The molecule has 0 heterocycles. The van der Waals surface area contributed by atoms with Gasteiger partial charge in [0.25, 0.3) is 0 Å². The number of nitrogens with two attached hydrogens (primary N) is 1. The van der Waals surface area contributed by atoms with Gasteiger partial charge >= 0.3 is 0 Å². The third-order valence-corrected chi connectivity index (χ3v) is 3.48. The number of ether oxygens (including phenoxy) is 1. The summed E-state index contributed by atoms with van der Waals surface area (Å²) in [5, 5.41) is 8.89. The van der Waals surface area contributed by atoms with E-state index in [-0.39, 0.29) is 25.1 Å². The molecule has 0 saturated heterocycles. The first-order valence-corrected chi connectivity index (χ1v) is 7.84. The van der Waals surface area contributed by atoms with Gasteiger partial charge in [0.15, 0.2) is 0 Å². The Bertz CT molecular complexity index is 343. The summed E-state index contributed by atoms with van der Waals surface area (Å²) >= 11 is 0. The Morgan fingerprint density at radius 3 is 2.38 bits per heavy atom. The number of benzene rings is 1. The van der Waals surface area contributed by atoms with E-state index < -0.39 is 0 Å². The van der Waals surface area contributed by atoms with Gasteiger partial charge in [0.1, 0.15) is 5.75 Å². The molecule has 1 aromatic rings. The van der Waals surface area contributed by atoms with E-state index in [1.165, 1.54) is 31.2 Å². The van der Waals surface area contributed by atoms with Gasteiger partial charge in [-0.1, -0.05) is 44.7 Å². The lowest BCUT2D eigenvalue weighted by Crippen LogP contribution is -2.24. The zero-order valence-electron chi connectivity index (χ0n) is 13.1. The van der Waals surface area contributed by atoms with Gasteiger partial charge in [-0.25, -0.2) is 0 Å². The second kappa shape index (κ2) is 12.9. The van der Waals surface area contributed by atoms with E-state index >= 15 is 0 Å². The van der Waals surface area contributed by atoms with Crippen LogP contribution in [-0.4, -0.2) is 24.4 Å². The summed E-state index contributed by atoms with van der Waals surface area (Å²) in [5.41, 5.74) is 6.93. The van der Waals surface area contributed by atoms with E-state index in [1.54, 1.807) is 0 Å². The van der Waals surface area contributed by atoms with Crippen LogP contribution in [0.4, 0.5) is 0 Å². The van der Waals surface area contributed by atoms with Crippen LogP contribution in [0.2, 0.25) is 0 Å². The fourth-order valence-corrected chi connectivity index (χ4v) is 2.09. The molecule has 1 unspecified atom stereocenters. The number of aliphatic hydroxyl groups excluding tert-OH is 1. The number of unbranched alkanes of at least 4 members (excludes halogenated alkanes) is 4. The van der Waals surface area contributed by atoms with E-state index in [0.717, 1.165) is 31.6 Å². The first-order chi connectivity index (χ1) is 9.76. The van der Waals surface area contributed by atoms with Crippen molar-refractivity contribution in [1.29, 1.82) is 0 Å². The van der Waals surface area contributed by atoms with Gasteiger partial charge in [0.2, 0.25) is 0 Å². The van der Waals surface area contributed by atoms with Crippen molar-refractivity contribution in [1.82, 2.24) is 0 Å². The SMILES string of the molecule is CCCCCCCOc1ccc(CCC(N)CO)cc1.Cl. The molecule has 4 heteroatoms. The summed E-state index contributed by atoms with van der Waals surface area (Å²) in [7, 11) is 0. The molecule has 0 saturated carbocycles. The number of aliphatic hydroxyl groups is 1. The fourth-order valence-electron chi connectivity index (χ4n) is 2.09. The summed E-state index contributed by atoms with van der Waals surface area (Å²) < 4.78 is 5.72. The molecular formula is C17H30ClNO2. The first-order valence-electron chi connectivity index (χ1n) is 7.84. The van der Waals surface area contributed by atoms with Crippen molar-refractivity contribution in [3.63, 3.8) is 0 Å². The Hall–Kier alpha value is -0.770. The largest absolute Gasteiger partial charge is 0.494 e. The van der Waals surface area contributed by atoms with Crippen LogP contribution in [-0.2, 0) is 6.42 Å². The maximum atomic E-state index is 8.89. The van der Waals surface area contributed by atoms with Crippen LogP contribution < -0.4 is 10.5 Å². The van der Waals surface area contributed by atoms with Gasteiger partial charge in [0, 0.05) is 6.04 Å². The minimum absolute atomic E-state index is 0. The van der Waals surface area contributed by atoms with Crippen LogP contribution in [0.25, 0.3) is 0 Å². The van der Waals surface area contributed by atoms with Gasteiger partial charge in [0.05, 0.1) is 13.2 Å². The van der Waals surface area contributed by atoms with Crippen molar-refractivity contribution in [2.24, 2.45) is 5.73 Å². The predicted molar refractivity (Wildman–Crippen MR) is 91.3 cm³/mol. The molecule has 0 aliphatic rings. The Balaban J connectivity index is 0.00000400. The van der Waals surface area contributed by atoms with Crippen molar-refractivity contribution < 1.29 is 9.84 Å². The maximum Gasteiger partial charge on any atom is 0.119 e. The molecule has 0 aliphatic heterocycles. The molecule has 0 aliphatic carbocycles. The molecule has 0 spiro atoms. The van der Waals surface area contributed by atoms with Gasteiger partial charge in [-0.3, -0.25) is 0 Å². The number of halogens is 1. The summed E-state index contributed by atoms with van der Waals surface area (Å²) in [5.74, 6) is 0.940. The standard InChI is InChI=1S/C17H29NO2.ClH/c1-2-3-4-5-6-13-20-17-11-8-15(9-12-17)7-10-16(18)14-19;/h8-9,11-12,16,19H,2-7,10,13-14,18H2,1H3;1H. The lowest BCUT2D eigenvalue weighted by molar-refractivity contribution is 0.260. The first kappa shape index (κ1) is 20.2. The van der Waals surface area contributed by atoms with Crippen LogP contribution in [0.5, 0.6) is 5.75 Å². The molecule has 1 atom stereocenters. The van der Waals surface area contributed by atoms with Crippen molar-refractivity contribution in [3.05, 3.63) is 29.8 Å². The van der Waals surface area contributed by atoms with Crippen LogP contribution in [0.3, 0.4) is 0 Å². The molecule has 0 bridgehead atoms. The molecule has 21 heavy (non-hydrogen) atoms. The van der Waals surface area contributed by atoms with Crippen molar-refractivity contribution >= 4 is 12.4 Å². The van der Waals surface area contributed by atoms with Crippen LogP contribution in [0.15, 0.2) is 24.3 Å². The van der Waals surface area contributed by atoms with E-state index in [1.807, 2.05) is 12.1 Å². The normalized spacial score (nSPS) is 11.8. The second-order valence-corrected chi connectivity index (χ2v) is 5.39. The molecule has 3 N–H and O–H groups in total. The summed E-state index contributed by atoms with van der Waals surface area (Å²) in [6.07, 6.45) is 8.02. The van der Waals surface area contributed by atoms with E-state index in [9.17, 15) is 0 Å². The molecule has 122 valence electrons. The molecule has 3 nitrogen and oxygen atoms in total. The van der Waals surface area contributed by atoms with Crippen molar-refractivity contribution in [2.75, 3.05) is 13.2 Å². The Morgan fingerprint density at radius 2 is 1.76 bits per heavy atom. The van der Waals surface area contributed by atoms with Gasteiger partial charge in [-0.15, -0.1) is 12.4 Å². The fraction of sp³-hybridized carbons (Fsp3) is 0.647. The number of hydrogen-bond acceptors (Lipinski definition) is 3. The zero-order chi connectivity index (χ0) is 14.6. The monoisotopic (exact) mass is 315 g/mol. The highest BCUT2D eigenvalue weighted by molar-refractivity contribution is 5.85. The highest BCUT2D eigenvalue weighted by Gasteiger charge is 2.01. The third-order valence-electron chi connectivity index (χ3n) is 3.48. The molecule has 0 aromatic heterocycles. The number of aryl methyl sites for hydroxylation is 1. The van der Waals surface area contributed by atoms with Crippen molar-refractivity contribution in [2.45, 2.75) is 57.9 Å². The van der Waals surface area contributed by atoms with Crippen LogP contribution in [0.1, 0.15) is 51.0 Å². The van der Waals surface area contributed by atoms with E-state index in [4.69, 9.17) is 15.6 Å². The van der Waals surface area contributed by atoms with Gasteiger partial charge in [-0.05, 0) is 37.0 Å². The molecule has 1 rings (SSSR count). The smallest absolute Gasteiger partial charge is 0.119 e. The Labute approximate surface area is 135 Å². The lowest BCUT2D eigenvalue weighted by atomic mass is 10.1. The Kier molecular flexibility index (Phi) is 12.5. The van der Waals surface area contributed by atoms with Crippen molar-refractivity contribution in [3.8, 4) is 5.75 Å². The molecule has 0 fully saturated rings. The summed E-state index contributed by atoms with van der Waals surface area (Å²) in [4.78, 5) is 0. The predicted octanol–water partition coefficient (Wildman–Crippen LogP) is 3.71.